The molecule has 5 nitrogen and oxygen atoms in total. The summed E-state index contributed by atoms with van der Waals surface area (Å²) in [4.78, 5) is 25.3. The van der Waals surface area contributed by atoms with Gasteiger partial charge in [-0.15, -0.1) is 0 Å². The van der Waals surface area contributed by atoms with Crippen LogP contribution in [0.2, 0.25) is 5.02 Å². The number of hydrogen-bond donors (Lipinski definition) is 2. The maximum absolute atomic E-state index is 12.9. The number of nitrogens with one attached hydrogen (secondary N) is 1. The van der Waals surface area contributed by atoms with E-state index in [0.717, 1.165) is 6.07 Å². The fraction of sp³-hybridized carbons (Fsp3) is 0.238. The zero-order valence-electron chi connectivity index (χ0n) is 16.0. The molecule has 1 unspecified atom stereocenters. The number of likely N-dealkylation sites (N-methyl/N-ethyl adjacent to an activating group) is 1. The molecule has 0 spiro atoms. The highest BCUT2D eigenvalue weighted by Crippen LogP contribution is 2.37. The van der Waals surface area contributed by atoms with Crippen LogP contribution in [0.15, 0.2) is 53.8 Å². The largest absolute Gasteiger partial charge is 0.503 e. The summed E-state index contributed by atoms with van der Waals surface area (Å²) < 4.78 is 38.7. The first-order valence-corrected chi connectivity index (χ1v) is 9.32. The summed E-state index contributed by atoms with van der Waals surface area (Å²) in [5.41, 5.74) is 0.891. The normalized spacial score (nSPS) is 15.5. The molecule has 1 heterocycles. The Hall–Kier alpha value is -3.00. The number of amides is 2. The van der Waals surface area contributed by atoms with Gasteiger partial charge in [0.05, 0.1) is 28.7 Å². The number of aliphatic hydroxyl groups excluding tert-OH is 1. The first kappa shape index (κ1) is 21.7. The monoisotopic (exact) mass is 438 g/mol. The van der Waals surface area contributed by atoms with Crippen molar-refractivity contribution >= 4 is 23.4 Å². The fourth-order valence-corrected chi connectivity index (χ4v) is 3.44. The average Bonchev–Trinajstić information content (AvgIpc) is 2.94. The smallest absolute Gasteiger partial charge is 0.417 e. The second kappa shape index (κ2) is 8.02. The Balaban J connectivity index is 1.81. The van der Waals surface area contributed by atoms with Crippen molar-refractivity contribution < 1.29 is 27.9 Å². The molecule has 1 aliphatic rings. The third-order valence-corrected chi connectivity index (χ3v) is 5.16. The molecule has 0 radical (unpaired) electrons. The molecule has 0 fully saturated rings. The second-order valence-electron chi connectivity index (χ2n) is 7.00. The lowest BCUT2D eigenvalue weighted by atomic mass is 9.99. The Labute approximate surface area is 175 Å². The van der Waals surface area contributed by atoms with Crippen molar-refractivity contribution in [2.75, 3.05) is 13.6 Å². The fourth-order valence-electron chi connectivity index (χ4n) is 3.15. The SMILES string of the molecule is CC(NC(=O)C1=C(O)C(=O)N(C)C1)c1cccc(-c2ccc(C(F)(F)F)c(Cl)c2)c1. The Morgan fingerprint density at radius 1 is 1.20 bits per heavy atom. The molecule has 3 rings (SSSR count). The van der Waals surface area contributed by atoms with Crippen molar-refractivity contribution in [3.63, 3.8) is 0 Å². The molecule has 2 aromatic carbocycles. The van der Waals surface area contributed by atoms with Crippen molar-refractivity contribution in [2.24, 2.45) is 0 Å². The van der Waals surface area contributed by atoms with Gasteiger partial charge in [0, 0.05) is 7.05 Å². The minimum atomic E-state index is -4.54. The van der Waals surface area contributed by atoms with Crippen LogP contribution in [0.3, 0.4) is 0 Å². The zero-order valence-corrected chi connectivity index (χ0v) is 16.8. The van der Waals surface area contributed by atoms with E-state index < -0.39 is 40.4 Å². The highest BCUT2D eigenvalue weighted by molar-refractivity contribution is 6.31. The van der Waals surface area contributed by atoms with Gasteiger partial charge in [0.25, 0.3) is 11.8 Å². The van der Waals surface area contributed by atoms with Gasteiger partial charge < -0.3 is 15.3 Å². The summed E-state index contributed by atoms with van der Waals surface area (Å²) in [6.07, 6.45) is -4.54. The average molecular weight is 439 g/mol. The molecule has 2 N–H and O–H groups in total. The van der Waals surface area contributed by atoms with E-state index in [1.54, 1.807) is 31.2 Å². The third-order valence-electron chi connectivity index (χ3n) is 4.85. The summed E-state index contributed by atoms with van der Waals surface area (Å²) >= 11 is 5.81. The van der Waals surface area contributed by atoms with Gasteiger partial charge in [-0.2, -0.15) is 13.2 Å². The Morgan fingerprint density at radius 3 is 2.43 bits per heavy atom. The molecule has 9 heteroatoms. The number of aliphatic hydroxyl groups is 1. The molecule has 0 saturated carbocycles. The van der Waals surface area contributed by atoms with Crippen molar-refractivity contribution in [1.29, 1.82) is 0 Å². The standard InChI is InChI=1S/C21H18ClF3N2O3/c1-11(26-19(29)15-10-27(2)20(30)18(15)28)12-4-3-5-13(8-12)14-6-7-16(17(22)9-14)21(23,24)25/h3-9,11,28H,10H2,1-2H3,(H,26,29). The van der Waals surface area contributed by atoms with Gasteiger partial charge in [0.15, 0.2) is 5.76 Å². The van der Waals surface area contributed by atoms with Gasteiger partial charge in [-0.25, -0.2) is 0 Å². The highest BCUT2D eigenvalue weighted by Gasteiger charge is 2.33. The highest BCUT2D eigenvalue weighted by atomic mass is 35.5. The van der Waals surface area contributed by atoms with Crippen molar-refractivity contribution in [1.82, 2.24) is 10.2 Å². The molecule has 1 aliphatic heterocycles. The van der Waals surface area contributed by atoms with Crippen LogP contribution in [0.4, 0.5) is 13.2 Å². The Morgan fingerprint density at radius 2 is 1.87 bits per heavy atom. The van der Waals surface area contributed by atoms with Crippen LogP contribution < -0.4 is 5.32 Å². The van der Waals surface area contributed by atoms with Gasteiger partial charge in [-0.1, -0.05) is 35.9 Å². The molecule has 0 bridgehead atoms. The maximum Gasteiger partial charge on any atom is 0.417 e. The number of benzene rings is 2. The lowest BCUT2D eigenvalue weighted by Gasteiger charge is -2.16. The van der Waals surface area contributed by atoms with E-state index in [4.69, 9.17) is 11.6 Å². The van der Waals surface area contributed by atoms with Gasteiger partial charge in [0.2, 0.25) is 0 Å². The molecule has 0 aromatic heterocycles. The molecule has 0 aliphatic carbocycles. The zero-order chi connectivity index (χ0) is 22.2. The Bertz CT molecular complexity index is 1050. The van der Waals surface area contributed by atoms with Gasteiger partial charge in [-0.05, 0) is 41.8 Å². The molecule has 0 saturated heterocycles. The predicted octanol–water partition coefficient (Wildman–Crippen LogP) is 4.49. The van der Waals surface area contributed by atoms with Crippen LogP contribution in [-0.4, -0.2) is 35.4 Å². The Kier molecular flexibility index (Phi) is 5.81. The van der Waals surface area contributed by atoms with Crippen LogP contribution in [0.1, 0.15) is 24.1 Å². The van der Waals surface area contributed by atoms with Crippen LogP contribution in [0.5, 0.6) is 0 Å². The lowest BCUT2D eigenvalue weighted by Crippen LogP contribution is -2.30. The van der Waals surface area contributed by atoms with Crippen LogP contribution in [0, 0.1) is 0 Å². The van der Waals surface area contributed by atoms with Gasteiger partial charge in [-0.3, -0.25) is 9.59 Å². The number of nitrogens with zero attached hydrogens (tertiary/aromatic N) is 1. The van der Waals surface area contributed by atoms with Crippen LogP contribution in [0.25, 0.3) is 11.1 Å². The molecular formula is C21H18ClF3N2O3. The maximum atomic E-state index is 12.9. The number of halogens is 4. The van der Waals surface area contributed by atoms with Crippen LogP contribution in [-0.2, 0) is 15.8 Å². The van der Waals surface area contributed by atoms with Crippen molar-refractivity contribution in [3.05, 3.63) is 69.9 Å². The number of rotatable bonds is 4. The van der Waals surface area contributed by atoms with Crippen LogP contribution >= 0.6 is 11.6 Å². The summed E-state index contributed by atoms with van der Waals surface area (Å²) in [6, 6.07) is 9.93. The first-order valence-electron chi connectivity index (χ1n) is 8.94. The minimum Gasteiger partial charge on any atom is -0.503 e. The molecule has 2 amide bonds. The summed E-state index contributed by atoms with van der Waals surface area (Å²) in [5, 5.41) is 12.1. The molecule has 158 valence electrons. The predicted molar refractivity (Wildman–Crippen MR) is 106 cm³/mol. The van der Waals surface area contributed by atoms with E-state index in [-0.39, 0.29) is 12.1 Å². The molecular weight excluding hydrogens is 421 g/mol. The second-order valence-corrected chi connectivity index (χ2v) is 7.41. The minimum absolute atomic E-state index is 0.00725. The third kappa shape index (κ3) is 4.28. The van der Waals surface area contributed by atoms with E-state index in [2.05, 4.69) is 5.32 Å². The van der Waals surface area contributed by atoms with Gasteiger partial charge in [0.1, 0.15) is 0 Å². The van der Waals surface area contributed by atoms with E-state index in [0.29, 0.717) is 16.7 Å². The van der Waals surface area contributed by atoms with Crippen molar-refractivity contribution in [2.45, 2.75) is 19.1 Å². The summed E-state index contributed by atoms with van der Waals surface area (Å²) in [7, 11) is 1.47. The quantitative estimate of drug-likeness (QED) is 0.739. The van der Waals surface area contributed by atoms with E-state index in [1.807, 2.05) is 0 Å². The first-order chi connectivity index (χ1) is 14.0. The molecule has 2 aromatic rings. The number of carbonyl (C=O) groups excluding carboxylic acids is 2. The molecule has 30 heavy (non-hydrogen) atoms. The molecule has 1 atom stereocenters. The summed E-state index contributed by atoms with van der Waals surface area (Å²) in [6.45, 7) is 1.72. The van der Waals surface area contributed by atoms with E-state index >= 15 is 0 Å². The van der Waals surface area contributed by atoms with Crippen molar-refractivity contribution in [3.8, 4) is 11.1 Å². The lowest BCUT2D eigenvalue weighted by molar-refractivity contribution is -0.137. The summed E-state index contributed by atoms with van der Waals surface area (Å²) in [5.74, 6) is -1.76. The number of hydrogen-bond acceptors (Lipinski definition) is 3. The van der Waals surface area contributed by atoms with E-state index in [1.165, 1.54) is 24.1 Å². The van der Waals surface area contributed by atoms with E-state index in [9.17, 15) is 27.9 Å². The number of carbonyl (C=O) groups is 2. The topological polar surface area (TPSA) is 69.6 Å². The number of alkyl halides is 3. The van der Waals surface area contributed by atoms with Gasteiger partial charge >= 0.3 is 6.18 Å².